The monoisotopic (exact) mass is 223 g/mol. The van der Waals surface area contributed by atoms with Crippen LogP contribution in [0, 0.1) is 0 Å². The normalized spacial score (nSPS) is 14.9. The highest BCUT2D eigenvalue weighted by Gasteiger charge is 2.04. The Morgan fingerprint density at radius 1 is 1.20 bits per heavy atom. The van der Waals surface area contributed by atoms with E-state index in [1.807, 2.05) is 18.7 Å². The Bertz CT molecular complexity index is 279. The highest BCUT2D eigenvalue weighted by Crippen LogP contribution is 2.26. The molecule has 0 spiro atoms. The van der Waals surface area contributed by atoms with Gasteiger partial charge in [0.15, 0.2) is 0 Å². The minimum Gasteiger partial charge on any atom is -0.324 e. The third-order valence-electron chi connectivity index (χ3n) is 2.44. The first-order valence-corrected chi connectivity index (χ1v) is 6.53. The topological polar surface area (TPSA) is 26.0 Å². The third kappa shape index (κ3) is 4.27. The number of hydrogen-bond acceptors (Lipinski definition) is 2. The highest BCUT2D eigenvalue weighted by atomic mass is 32.2. The average molecular weight is 223 g/mol. The molecule has 0 amide bonds. The van der Waals surface area contributed by atoms with E-state index in [2.05, 4.69) is 38.1 Å². The molecule has 0 aliphatic rings. The van der Waals surface area contributed by atoms with Gasteiger partial charge in [0.25, 0.3) is 0 Å². The molecule has 0 saturated heterocycles. The predicted molar refractivity (Wildman–Crippen MR) is 69.3 cm³/mol. The molecule has 0 fully saturated rings. The van der Waals surface area contributed by atoms with Gasteiger partial charge in [0.05, 0.1) is 0 Å². The number of benzene rings is 1. The third-order valence-corrected chi connectivity index (χ3v) is 3.62. The molecule has 1 aromatic carbocycles. The van der Waals surface area contributed by atoms with E-state index in [1.165, 1.54) is 23.3 Å². The summed E-state index contributed by atoms with van der Waals surface area (Å²) in [5.41, 5.74) is 7.02. The van der Waals surface area contributed by atoms with Gasteiger partial charge in [-0.05, 0) is 31.0 Å². The van der Waals surface area contributed by atoms with E-state index in [0.29, 0.717) is 5.25 Å². The molecular weight excluding hydrogens is 202 g/mol. The van der Waals surface area contributed by atoms with Crippen LogP contribution in [0.4, 0.5) is 0 Å². The largest absolute Gasteiger partial charge is 0.324 e. The molecule has 1 aromatic rings. The van der Waals surface area contributed by atoms with Gasteiger partial charge in [0, 0.05) is 16.2 Å². The van der Waals surface area contributed by atoms with Crippen LogP contribution < -0.4 is 5.73 Å². The van der Waals surface area contributed by atoms with Gasteiger partial charge in [-0.25, -0.2) is 0 Å². The van der Waals surface area contributed by atoms with Crippen LogP contribution in [0.25, 0.3) is 0 Å². The van der Waals surface area contributed by atoms with Crippen molar-refractivity contribution in [3.63, 3.8) is 0 Å². The molecule has 15 heavy (non-hydrogen) atoms. The number of hydrogen-bond donors (Lipinski definition) is 1. The van der Waals surface area contributed by atoms with Gasteiger partial charge in [0.1, 0.15) is 0 Å². The van der Waals surface area contributed by atoms with Crippen LogP contribution in [-0.4, -0.2) is 5.25 Å². The van der Waals surface area contributed by atoms with Crippen LogP contribution in [0.5, 0.6) is 0 Å². The van der Waals surface area contributed by atoms with E-state index in [9.17, 15) is 0 Å². The summed E-state index contributed by atoms with van der Waals surface area (Å²) in [6.07, 6.45) is 2.53. The second-order valence-electron chi connectivity index (χ2n) is 4.07. The SMILES string of the molecule is CCCC(C)Sc1ccc(C(C)N)cc1. The Hall–Kier alpha value is -0.470. The lowest BCUT2D eigenvalue weighted by Crippen LogP contribution is -2.04. The number of rotatable bonds is 5. The fourth-order valence-electron chi connectivity index (χ4n) is 1.55. The van der Waals surface area contributed by atoms with Crippen LogP contribution >= 0.6 is 11.8 Å². The molecule has 1 rings (SSSR count). The molecule has 0 saturated carbocycles. The molecule has 2 N–H and O–H groups in total. The second-order valence-corrected chi connectivity index (χ2v) is 5.59. The van der Waals surface area contributed by atoms with Gasteiger partial charge in [-0.1, -0.05) is 32.4 Å². The van der Waals surface area contributed by atoms with Crippen molar-refractivity contribution in [3.05, 3.63) is 29.8 Å². The highest BCUT2D eigenvalue weighted by molar-refractivity contribution is 7.99. The second kappa shape index (κ2) is 6.19. The summed E-state index contributed by atoms with van der Waals surface area (Å²) in [5, 5.41) is 0.705. The first-order valence-electron chi connectivity index (χ1n) is 5.65. The molecule has 2 unspecified atom stereocenters. The van der Waals surface area contributed by atoms with Crippen molar-refractivity contribution >= 4 is 11.8 Å². The quantitative estimate of drug-likeness (QED) is 0.764. The molecule has 2 heteroatoms. The van der Waals surface area contributed by atoms with Crippen molar-refractivity contribution in [3.8, 4) is 0 Å². The van der Waals surface area contributed by atoms with Gasteiger partial charge in [-0.15, -0.1) is 11.8 Å². The summed E-state index contributed by atoms with van der Waals surface area (Å²) in [6.45, 7) is 6.53. The molecule has 84 valence electrons. The first-order chi connectivity index (χ1) is 7.13. The van der Waals surface area contributed by atoms with Crippen LogP contribution in [0.3, 0.4) is 0 Å². The molecule has 1 nitrogen and oxygen atoms in total. The van der Waals surface area contributed by atoms with Gasteiger partial charge in [-0.3, -0.25) is 0 Å². The first kappa shape index (κ1) is 12.6. The Morgan fingerprint density at radius 2 is 1.80 bits per heavy atom. The van der Waals surface area contributed by atoms with E-state index in [4.69, 9.17) is 5.73 Å². The minimum atomic E-state index is 0.136. The predicted octanol–water partition coefficient (Wildman–Crippen LogP) is 3.99. The van der Waals surface area contributed by atoms with Crippen LogP contribution in [-0.2, 0) is 0 Å². The summed E-state index contributed by atoms with van der Waals surface area (Å²) in [7, 11) is 0. The Morgan fingerprint density at radius 3 is 2.27 bits per heavy atom. The van der Waals surface area contributed by atoms with Crippen molar-refractivity contribution in [1.82, 2.24) is 0 Å². The maximum Gasteiger partial charge on any atom is 0.0266 e. The van der Waals surface area contributed by atoms with E-state index in [1.54, 1.807) is 0 Å². The van der Waals surface area contributed by atoms with Crippen LogP contribution in [0.15, 0.2) is 29.2 Å². The standard InChI is InChI=1S/C13H21NS/c1-4-5-10(2)15-13-8-6-12(7-9-13)11(3)14/h6-11H,4-5,14H2,1-3H3. The molecule has 0 aliphatic heterocycles. The van der Waals surface area contributed by atoms with Gasteiger partial charge >= 0.3 is 0 Å². The average Bonchev–Trinajstić information content (AvgIpc) is 2.18. The molecular formula is C13H21NS. The van der Waals surface area contributed by atoms with E-state index < -0.39 is 0 Å². The van der Waals surface area contributed by atoms with Crippen molar-refractivity contribution in [1.29, 1.82) is 0 Å². The molecule has 0 bridgehead atoms. The fraction of sp³-hybridized carbons (Fsp3) is 0.538. The van der Waals surface area contributed by atoms with Crippen molar-refractivity contribution in [2.24, 2.45) is 5.73 Å². The number of thioether (sulfide) groups is 1. The van der Waals surface area contributed by atoms with Gasteiger partial charge in [-0.2, -0.15) is 0 Å². The summed E-state index contributed by atoms with van der Waals surface area (Å²) in [6, 6.07) is 8.75. The zero-order valence-electron chi connectivity index (χ0n) is 9.86. The van der Waals surface area contributed by atoms with E-state index in [-0.39, 0.29) is 6.04 Å². The molecule has 0 aromatic heterocycles. The maximum absolute atomic E-state index is 5.81. The molecule has 0 radical (unpaired) electrons. The zero-order valence-corrected chi connectivity index (χ0v) is 10.7. The lowest BCUT2D eigenvalue weighted by atomic mass is 10.1. The van der Waals surface area contributed by atoms with Crippen LogP contribution in [0.2, 0.25) is 0 Å². The maximum atomic E-state index is 5.81. The fourth-order valence-corrected chi connectivity index (χ4v) is 2.66. The van der Waals surface area contributed by atoms with Crippen molar-refractivity contribution in [2.75, 3.05) is 0 Å². The van der Waals surface area contributed by atoms with Crippen molar-refractivity contribution in [2.45, 2.75) is 49.8 Å². The Balaban J connectivity index is 2.56. The smallest absolute Gasteiger partial charge is 0.0266 e. The molecule has 0 heterocycles. The molecule has 2 atom stereocenters. The summed E-state index contributed by atoms with van der Waals surface area (Å²) < 4.78 is 0. The number of nitrogens with two attached hydrogens (primary N) is 1. The van der Waals surface area contributed by atoms with Gasteiger partial charge < -0.3 is 5.73 Å². The summed E-state index contributed by atoms with van der Waals surface area (Å²) in [4.78, 5) is 1.35. The molecule has 0 aliphatic carbocycles. The Kier molecular flexibility index (Phi) is 5.20. The zero-order chi connectivity index (χ0) is 11.3. The van der Waals surface area contributed by atoms with E-state index in [0.717, 1.165) is 0 Å². The van der Waals surface area contributed by atoms with Crippen molar-refractivity contribution < 1.29 is 0 Å². The van der Waals surface area contributed by atoms with E-state index >= 15 is 0 Å². The summed E-state index contributed by atoms with van der Waals surface area (Å²) >= 11 is 1.95. The lowest BCUT2D eigenvalue weighted by Gasteiger charge is -2.11. The van der Waals surface area contributed by atoms with Crippen LogP contribution in [0.1, 0.15) is 45.2 Å². The Labute approximate surface area is 97.4 Å². The minimum absolute atomic E-state index is 0.136. The lowest BCUT2D eigenvalue weighted by molar-refractivity contribution is 0.786. The van der Waals surface area contributed by atoms with Gasteiger partial charge in [0.2, 0.25) is 0 Å². The summed E-state index contributed by atoms with van der Waals surface area (Å²) in [5.74, 6) is 0.